The molecule has 0 bridgehead atoms. The Labute approximate surface area is 122 Å². The van der Waals surface area contributed by atoms with Crippen LogP contribution in [-0.2, 0) is 14.3 Å². The number of amides is 2. The first-order chi connectivity index (χ1) is 9.95. The molecule has 2 N–H and O–H groups in total. The Balaban J connectivity index is 2.60. The number of esters is 1. The maximum Gasteiger partial charge on any atom is 0.325 e. The Morgan fingerprint density at radius 2 is 1.90 bits per heavy atom. The summed E-state index contributed by atoms with van der Waals surface area (Å²) in [5.41, 5.74) is 0.598. The number of hydrogen-bond acceptors (Lipinski definition) is 4. The first kappa shape index (κ1) is 16.5. The lowest BCUT2D eigenvalue weighted by atomic mass is 9.99. The smallest absolute Gasteiger partial charge is 0.325 e. The topological polar surface area (TPSA) is 95.9 Å². The molecule has 1 rings (SSSR count). The summed E-state index contributed by atoms with van der Waals surface area (Å²) >= 11 is 0. The quantitative estimate of drug-likeness (QED) is 0.752. The lowest BCUT2D eigenvalue weighted by Crippen LogP contribution is -2.42. The lowest BCUT2D eigenvalue weighted by molar-refractivity contribution is -0.141. The number of methoxy groups -OCH3 is 1. The van der Waals surface area contributed by atoms with Gasteiger partial charge < -0.3 is 20.1 Å². The molecule has 1 unspecified atom stereocenters. The van der Waals surface area contributed by atoms with Gasteiger partial charge in [-0.1, -0.05) is 30.3 Å². The third-order valence-corrected chi connectivity index (χ3v) is 2.90. The number of nitrogens with one attached hydrogen (secondary N) is 1. The first-order valence-corrected chi connectivity index (χ1v) is 6.29. The van der Waals surface area contributed by atoms with Crippen molar-refractivity contribution in [2.45, 2.75) is 5.92 Å². The van der Waals surface area contributed by atoms with Crippen molar-refractivity contribution in [3.05, 3.63) is 35.9 Å². The molecule has 7 nitrogen and oxygen atoms in total. The Morgan fingerprint density at radius 1 is 1.29 bits per heavy atom. The molecule has 0 aliphatic rings. The fourth-order valence-electron chi connectivity index (χ4n) is 1.69. The number of urea groups is 1. The number of carboxylic acids is 1. The second-order valence-corrected chi connectivity index (χ2v) is 4.42. The molecular formula is C14H18N2O5. The van der Waals surface area contributed by atoms with E-state index in [1.54, 1.807) is 30.3 Å². The minimum Gasteiger partial charge on any atom is -0.481 e. The third-order valence-electron chi connectivity index (χ3n) is 2.90. The van der Waals surface area contributed by atoms with Crippen molar-refractivity contribution < 1.29 is 24.2 Å². The molecule has 2 amide bonds. The van der Waals surface area contributed by atoms with E-state index in [1.165, 1.54) is 14.2 Å². The van der Waals surface area contributed by atoms with Gasteiger partial charge in [-0.3, -0.25) is 9.59 Å². The van der Waals surface area contributed by atoms with Crippen LogP contribution in [0.4, 0.5) is 4.79 Å². The van der Waals surface area contributed by atoms with Crippen LogP contribution in [0.2, 0.25) is 0 Å². The van der Waals surface area contributed by atoms with Gasteiger partial charge in [0.2, 0.25) is 0 Å². The number of likely N-dealkylation sites (N-methyl/N-ethyl adjacent to an activating group) is 1. The van der Waals surface area contributed by atoms with Gasteiger partial charge in [-0.15, -0.1) is 0 Å². The zero-order valence-electron chi connectivity index (χ0n) is 11.9. The maximum absolute atomic E-state index is 11.8. The molecular weight excluding hydrogens is 276 g/mol. The molecule has 0 radical (unpaired) electrons. The molecule has 1 atom stereocenters. The average Bonchev–Trinajstić information content (AvgIpc) is 2.47. The number of ether oxygens (including phenoxy) is 1. The highest BCUT2D eigenvalue weighted by Crippen LogP contribution is 2.14. The van der Waals surface area contributed by atoms with E-state index in [4.69, 9.17) is 0 Å². The van der Waals surface area contributed by atoms with Crippen LogP contribution in [0.5, 0.6) is 0 Å². The highest BCUT2D eigenvalue weighted by atomic mass is 16.5. The molecule has 1 aromatic rings. The van der Waals surface area contributed by atoms with Crippen LogP contribution in [0.3, 0.4) is 0 Å². The molecule has 21 heavy (non-hydrogen) atoms. The SMILES string of the molecule is COC(=O)CN(C)C(=O)NCC(C(=O)O)c1ccccc1. The highest BCUT2D eigenvalue weighted by molar-refractivity contribution is 5.82. The number of rotatable bonds is 6. The van der Waals surface area contributed by atoms with Gasteiger partial charge in [-0.25, -0.2) is 4.79 Å². The van der Waals surface area contributed by atoms with E-state index < -0.39 is 23.9 Å². The van der Waals surface area contributed by atoms with Crippen molar-refractivity contribution in [3.8, 4) is 0 Å². The molecule has 1 aromatic carbocycles. The average molecular weight is 294 g/mol. The van der Waals surface area contributed by atoms with E-state index in [1.807, 2.05) is 0 Å². The van der Waals surface area contributed by atoms with Crippen molar-refractivity contribution >= 4 is 18.0 Å². The van der Waals surface area contributed by atoms with Gasteiger partial charge in [-0.2, -0.15) is 0 Å². The molecule has 0 heterocycles. The van der Waals surface area contributed by atoms with Gasteiger partial charge >= 0.3 is 18.0 Å². The summed E-state index contributed by atoms with van der Waals surface area (Å²) in [5, 5.41) is 11.7. The summed E-state index contributed by atoms with van der Waals surface area (Å²) in [7, 11) is 2.65. The van der Waals surface area contributed by atoms with Gasteiger partial charge in [0.05, 0.1) is 13.0 Å². The van der Waals surface area contributed by atoms with Crippen molar-refractivity contribution in [1.29, 1.82) is 0 Å². The van der Waals surface area contributed by atoms with Gasteiger partial charge in [0.15, 0.2) is 0 Å². The molecule has 0 saturated carbocycles. The molecule has 7 heteroatoms. The zero-order chi connectivity index (χ0) is 15.8. The normalized spacial score (nSPS) is 11.3. The predicted molar refractivity (Wildman–Crippen MR) is 74.9 cm³/mol. The van der Waals surface area contributed by atoms with Crippen molar-refractivity contribution in [3.63, 3.8) is 0 Å². The summed E-state index contributed by atoms with van der Waals surface area (Å²) in [4.78, 5) is 35.2. The van der Waals surface area contributed by atoms with Gasteiger partial charge in [0.1, 0.15) is 6.54 Å². The molecule has 114 valence electrons. The number of hydrogen-bond donors (Lipinski definition) is 2. The zero-order valence-corrected chi connectivity index (χ0v) is 11.9. The molecule has 0 aromatic heterocycles. The van der Waals surface area contributed by atoms with Crippen LogP contribution in [0.15, 0.2) is 30.3 Å². The number of carbonyl (C=O) groups excluding carboxylic acids is 2. The van der Waals surface area contributed by atoms with Crippen LogP contribution in [0.1, 0.15) is 11.5 Å². The lowest BCUT2D eigenvalue weighted by Gasteiger charge is -2.19. The summed E-state index contributed by atoms with van der Waals surface area (Å²) in [6.45, 7) is -0.269. The molecule has 0 fully saturated rings. The number of carboxylic acid groups (broad SMARTS) is 1. The van der Waals surface area contributed by atoms with Crippen molar-refractivity contribution in [2.75, 3.05) is 27.2 Å². The summed E-state index contributed by atoms with van der Waals surface area (Å²) in [6, 6.07) is 8.08. The minimum absolute atomic E-state index is 0.0658. The summed E-state index contributed by atoms with van der Waals surface area (Å²) < 4.78 is 4.45. The Kier molecular flexibility index (Phi) is 6.19. The number of aliphatic carboxylic acids is 1. The monoisotopic (exact) mass is 294 g/mol. The number of carbonyl (C=O) groups is 3. The van der Waals surface area contributed by atoms with Gasteiger partial charge in [-0.05, 0) is 5.56 Å². The molecule has 0 saturated heterocycles. The third kappa shape index (κ3) is 5.13. The van der Waals surface area contributed by atoms with Gasteiger partial charge in [0.25, 0.3) is 0 Å². The summed E-state index contributed by atoms with van der Waals surface area (Å²) in [6.07, 6.45) is 0. The van der Waals surface area contributed by atoms with E-state index in [2.05, 4.69) is 10.1 Å². The highest BCUT2D eigenvalue weighted by Gasteiger charge is 2.21. The number of benzene rings is 1. The van der Waals surface area contributed by atoms with Crippen LogP contribution in [-0.4, -0.2) is 55.2 Å². The fourth-order valence-corrected chi connectivity index (χ4v) is 1.69. The first-order valence-electron chi connectivity index (χ1n) is 6.29. The van der Waals surface area contributed by atoms with Crippen LogP contribution in [0.25, 0.3) is 0 Å². The van der Waals surface area contributed by atoms with E-state index in [9.17, 15) is 19.5 Å². The Hall–Kier alpha value is -2.57. The second-order valence-electron chi connectivity index (χ2n) is 4.42. The van der Waals surface area contributed by atoms with Crippen molar-refractivity contribution in [2.24, 2.45) is 0 Å². The van der Waals surface area contributed by atoms with Crippen molar-refractivity contribution in [1.82, 2.24) is 10.2 Å². The minimum atomic E-state index is -1.03. The predicted octanol–water partition coefficient (Wildman–Crippen LogP) is 0.669. The van der Waals surface area contributed by atoms with Crippen LogP contribution < -0.4 is 5.32 Å². The van der Waals surface area contributed by atoms with E-state index >= 15 is 0 Å². The van der Waals surface area contributed by atoms with Gasteiger partial charge in [0, 0.05) is 13.6 Å². The molecule has 0 spiro atoms. The Morgan fingerprint density at radius 3 is 2.43 bits per heavy atom. The Bertz CT molecular complexity index is 503. The fraction of sp³-hybridized carbons (Fsp3) is 0.357. The maximum atomic E-state index is 11.8. The van der Waals surface area contributed by atoms with E-state index in [-0.39, 0.29) is 13.1 Å². The van der Waals surface area contributed by atoms with E-state index in [0.717, 1.165) is 4.90 Å². The standard InChI is InChI=1S/C14H18N2O5/c1-16(9-12(17)21-2)14(20)15-8-11(13(18)19)10-6-4-3-5-7-10/h3-7,11H,8-9H2,1-2H3,(H,15,20)(H,18,19). The molecule has 0 aliphatic heterocycles. The largest absolute Gasteiger partial charge is 0.481 e. The molecule has 0 aliphatic carbocycles. The number of nitrogens with zero attached hydrogens (tertiary/aromatic N) is 1. The van der Waals surface area contributed by atoms with Crippen LogP contribution >= 0.6 is 0 Å². The van der Waals surface area contributed by atoms with E-state index in [0.29, 0.717) is 5.56 Å². The summed E-state index contributed by atoms with van der Waals surface area (Å²) in [5.74, 6) is -2.43. The van der Waals surface area contributed by atoms with Crippen LogP contribution in [0, 0.1) is 0 Å². The second kappa shape index (κ2) is 7.88.